The molecule has 180 valence electrons. The smallest absolute Gasteiger partial charge is 0.266 e. The number of anilines is 1. The maximum Gasteiger partial charge on any atom is 0.266 e. The predicted octanol–water partition coefficient (Wildman–Crippen LogP) is 7.26. The molecule has 4 aromatic carbocycles. The Morgan fingerprint density at radius 3 is 2.61 bits per heavy atom. The van der Waals surface area contributed by atoms with E-state index < -0.39 is 11.7 Å². The lowest BCUT2D eigenvalue weighted by Crippen LogP contribution is -2.14. The molecule has 0 heterocycles. The van der Waals surface area contributed by atoms with Crippen LogP contribution in [0.25, 0.3) is 16.8 Å². The van der Waals surface area contributed by atoms with Crippen LogP contribution < -0.4 is 14.8 Å². The molecule has 0 bridgehead atoms. The second-order valence-corrected chi connectivity index (χ2v) is 8.73. The molecule has 0 atom stereocenters. The van der Waals surface area contributed by atoms with E-state index in [2.05, 4.69) is 39.4 Å². The number of amides is 1. The van der Waals surface area contributed by atoms with Crippen LogP contribution in [0.2, 0.25) is 0 Å². The zero-order valence-electron chi connectivity index (χ0n) is 19.4. The van der Waals surface area contributed by atoms with Crippen LogP contribution >= 0.6 is 15.9 Å². The van der Waals surface area contributed by atoms with Crippen LogP contribution in [0.15, 0.2) is 88.9 Å². The molecular weight excluding hydrogens is 523 g/mol. The zero-order valence-corrected chi connectivity index (χ0v) is 21.0. The molecule has 0 aliphatic rings. The maximum absolute atomic E-state index is 14.1. The number of hydrogen-bond acceptors (Lipinski definition) is 4. The number of carbonyl (C=O) groups is 1. The topological polar surface area (TPSA) is 71.3 Å². The van der Waals surface area contributed by atoms with Crippen LogP contribution in [0.3, 0.4) is 0 Å². The highest BCUT2D eigenvalue weighted by Crippen LogP contribution is 2.31. The van der Waals surface area contributed by atoms with Crippen molar-refractivity contribution in [3.05, 3.63) is 106 Å². The summed E-state index contributed by atoms with van der Waals surface area (Å²) >= 11 is 3.17. The van der Waals surface area contributed by atoms with Gasteiger partial charge in [-0.05, 0) is 65.2 Å². The summed E-state index contributed by atoms with van der Waals surface area (Å²) in [7, 11) is 0. The Morgan fingerprint density at radius 2 is 1.83 bits per heavy atom. The largest absolute Gasteiger partial charge is 0.490 e. The van der Waals surface area contributed by atoms with Crippen molar-refractivity contribution in [3.8, 4) is 17.6 Å². The fourth-order valence-electron chi connectivity index (χ4n) is 3.67. The lowest BCUT2D eigenvalue weighted by Gasteiger charge is -2.14. The van der Waals surface area contributed by atoms with E-state index in [0.29, 0.717) is 34.7 Å². The summed E-state index contributed by atoms with van der Waals surface area (Å²) in [4.78, 5) is 12.6. The van der Waals surface area contributed by atoms with Gasteiger partial charge < -0.3 is 14.8 Å². The van der Waals surface area contributed by atoms with E-state index in [1.165, 1.54) is 18.2 Å². The van der Waals surface area contributed by atoms with E-state index in [4.69, 9.17) is 9.47 Å². The SMILES string of the molecule is CCOc1cc(C=C(C#N)C(=O)Nc2ccc(Br)cc2F)ccc1OCc1cccc2ccccc12. The van der Waals surface area contributed by atoms with Gasteiger partial charge in [0.05, 0.1) is 12.3 Å². The van der Waals surface area contributed by atoms with Crippen molar-refractivity contribution < 1.29 is 18.7 Å². The Bertz CT molecular complexity index is 1490. The molecule has 0 fully saturated rings. The first kappa shape index (κ1) is 25.0. The molecule has 0 aliphatic heterocycles. The third-order valence-electron chi connectivity index (χ3n) is 5.39. The minimum absolute atomic E-state index is 0.0171. The summed E-state index contributed by atoms with van der Waals surface area (Å²) < 4.78 is 26.5. The lowest BCUT2D eigenvalue weighted by atomic mass is 10.1. The van der Waals surface area contributed by atoms with Crippen LogP contribution in [-0.4, -0.2) is 12.5 Å². The number of fused-ring (bicyclic) bond motifs is 1. The fraction of sp³-hybridized carbons (Fsp3) is 0.103. The average Bonchev–Trinajstić information content (AvgIpc) is 2.88. The molecule has 4 rings (SSSR count). The van der Waals surface area contributed by atoms with Gasteiger partial charge >= 0.3 is 0 Å². The molecule has 0 radical (unpaired) electrons. The molecule has 0 spiro atoms. The lowest BCUT2D eigenvalue weighted by molar-refractivity contribution is -0.112. The van der Waals surface area contributed by atoms with Crippen LogP contribution in [0.4, 0.5) is 10.1 Å². The Labute approximate surface area is 216 Å². The molecule has 36 heavy (non-hydrogen) atoms. The summed E-state index contributed by atoms with van der Waals surface area (Å²) in [6.45, 7) is 2.62. The maximum atomic E-state index is 14.1. The van der Waals surface area contributed by atoms with Gasteiger partial charge in [0.1, 0.15) is 24.1 Å². The summed E-state index contributed by atoms with van der Waals surface area (Å²) in [6.07, 6.45) is 1.42. The third-order valence-corrected chi connectivity index (χ3v) is 5.88. The first-order chi connectivity index (χ1) is 17.5. The Kier molecular flexibility index (Phi) is 7.99. The van der Waals surface area contributed by atoms with E-state index in [0.717, 1.165) is 16.3 Å². The van der Waals surface area contributed by atoms with Crippen molar-refractivity contribution in [1.29, 1.82) is 5.26 Å². The van der Waals surface area contributed by atoms with Crippen LogP contribution in [0.5, 0.6) is 11.5 Å². The van der Waals surface area contributed by atoms with Crippen LogP contribution in [-0.2, 0) is 11.4 Å². The Balaban J connectivity index is 1.54. The highest BCUT2D eigenvalue weighted by Gasteiger charge is 2.14. The van der Waals surface area contributed by atoms with Crippen molar-refractivity contribution in [2.24, 2.45) is 0 Å². The molecular formula is C29H22BrFN2O3. The molecule has 0 saturated carbocycles. The summed E-state index contributed by atoms with van der Waals surface area (Å²) in [5, 5.41) is 14.2. The minimum Gasteiger partial charge on any atom is -0.490 e. The number of nitriles is 1. The predicted molar refractivity (Wildman–Crippen MR) is 142 cm³/mol. The molecule has 5 nitrogen and oxygen atoms in total. The number of halogens is 2. The van der Waals surface area contributed by atoms with Crippen molar-refractivity contribution in [3.63, 3.8) is 0 Å². The normalized spacial score (nSPS) is 11.1. The standard InChI is InChI=1S/C29H22BrFN2O3/c1-2-35-28-15-19(14-22(17-32)29(34)33-26-12-11-23(30)16-25(26)31)10-13-27(28)36-18-21-8-5-7-20-6-3-4-9-24(20)21/h3-16H,2,18H2,1H3,(H,33,34). The van der Waals surface area contributed by atoms with Gasteiger partial charge in [-0.1, -0.05) is 64.5 Å². The number of hydrogen-bond donors (Lipinski definition) is 1. The van der Waals surface area contributed by atoms with Crippen LogP contribution in [0, 0.1) is 17.1 Å². The van der Waals surface area contributed by atoms with E-state index >= 15 is 0 Å². The second kappa shape index (κ2) is 11.5. The highest BCUT2D eigenvalue weighted by molar-refractivity contribution is 9.10. The monoisotopic (exact) mass is 544 g/mol. The van der Waals surface area contributed by atoms with Gasteiger partial charge in [-0.2, -0.15) is 5.26 Å². The number of benzene rings is 4. The number of carbonyl (C=O) groups excluding carboxylic acids is 1. The van der Waals surface area contributed by atoms with E-state index in [9.17, 15) is 14.4 Å². The van der Waals surface area contributed by atoms with Crippen molar-refractivity contribution >= 4 is 44.4 Å². The van der Waals surface area contributed by atoms with Gasteiger partial charge in [-0.15, -0.1) is 0 Å². The van der Waals surface area contributed by atoms with Crippen molar-refractivity contribution in [1.82, 2.24) is 0 Å². The first-order valence-corrected chi connectivity index (χ1v) is 12.0. The van der Waals surface area contributed by atoms with Gasteiger partial charge in [-0.25, -0.2) is 4.39 Å². The number of nitrogens with zero attached hydrogens (tertiary/aromatic N) is 1. The van der Waals surface area contributed by atoms with E-state index in [1.54, 1.807) is 24.3 Å². The quantitative estimate of drug-likeness (QED) is 0.187. The molecule has 0 unspecified atom stereocenters. The summed E-state index contributed by atoms with van der Waals surface area (Å²) in [5.41, 5.74) is 1.42. The molecule has 1 N–H and O–H groups in total. The molecule has 1 amide bonds. The van der Waals surface area contributed by atoms with Gasteiger partial charge in [0.2, 0.25) is 0 Å². The van der Waals surface area contributed by atoms with Gasteiger partial charge in [0.25, 0.3) is 5.91 Å². The number of rotatable bonds is 8. The molecule has 0 aliphatic carbocycles. The van der Waals surface area contributed by atoms with Gasteiger partial charge in [-0.3, -0.25) is 4.79 Å². The molecule has 4 aromatic rings. The Hall–Kier alpha value is -4.15. The number of ether oxygens (including phenoxy) is 2. The van der Waals surface area contributed by atoms with Crippen molar-refractivity contribution in [2.75, 3.05) is 11.9 Å². The van der Waals surface area contributed by atoms with Crippen molar-refractivity contribution in [2.45, 2.75) is 13.5 Å². The highest BCUT2D eigenvalue weighted by atomic mass is 79.9. The zero-order chi connectivity index (χ0) is 25.5. The summed E-state index contributed by atoms with van der Waals surface area (Å²) in [6, 6.07) is 25.5. The van der Waals surface area contributed by atoms with E-state index in [1.807, 2.05) is 37.3 Å². The minimum atomic E-state index is -0.715. The fourth-order valence-corrected chi connectivity index (χ4v) is 4.00. The third kappa shape index (κ3) is 5.91. The van der Waals surface area contributed by atoms with Gasteiger partial charge in [0.15, 0.2) is 11.5 Å². The first-order valence-electron chi connectivity index (χ1n) is 11.2. The van der Waals surface area contributed by atoms with E-state index in [-0.39, 0.29) is 11.3 Å². The number of nitrogens with one attached hydrogen (secondary N) is 1. The summed E-state index contributed by atoms with van der Waals surface area (Å²) in [5.74, 6) is -0.292. The van der Waals surface area contributed by atoms with Gasteiger partial charge in [0, 0.05) is 4.47 Å². The molecule has 0 saturated heterocycles. The Morgan fingerprint density at radius 1 is 1.03 bits per heavy atom. The average molecular weight is 545 g/mol. The van der Waals surface area contributed by atoms with Crippen LogP contribution in [0.1, 0.15) is 18.1 Å². The molecule has 7 heteroatoms. The second-order valence-electron chi connectivity index (χ2n) is 7.81. The molecule has 0 aromatic heterocycles.